The number of aromatic nitrogens is 3. The lowest BCUT2D eigenvalue weighted by molar-refractivity contribution is 0.647. The number of hydrogen-bond donors (Lipinski definition) is 2. The topological polar surface area (TPSA) is 84.2 Å². The molecule has 1 rings (SSSR count). The number of nitrogens with zero attached hydrogens (tertiary/aromatic N) is 4. The number of nitrogens with one attached hydrogen (secondary N) is 2. The van der Waals surface area contributed by atoms with Crippen LogP contribution >= 0.6 is 0 Å². The molecular formula is C13H26N6OS. The summed E-state index contributed by atoms with van der Waals surface area (Å²) in [6, 6.07) is 0. The second kappa shape index (κ2) is 8.11. The zero-order chi connectivity index (χ0) is 15.9. The van der Waals surface area contributed by atoms with Gasteiger partial charge in [-0.05, 0) is 27.7 Å². The maximum absolute atomic E-state index is 12.0. The fourth-order valence-corrected chi connectivity index (χ4v) is 2.42. The summed E-state index contributed by atoms with van der Waals surface area (Å²) in [6.07, 6.45) is 1.51. The lowest BCUT2D eigenvalue weighted by Crippen LogP contribution is -2.40. The van der Waals surface area contributed by atoms with Crippen LogP contribution in [0.3, 0.4) is 0 Å². The van der Waals surface area contributed by atoms with Crippen molar-refractivity contribution in [2.45, 2.75) is 39.0 Å². The third-order valence-corrected chi connectivity index (χ3v) is 4.73. The molecule has 0 saturated carbocycles. The van der Waals surface area contributed by atoms with Gasteiger partial charge in [0.1, 0.15) is 18.7 Å². The van der Waals surface area contributed by atoms with E-state index >= 15 is 0 Å². The molecule has 0 aliphatic heterocycles. The molecule has 7 nitrogen and oxygen atoms in total. The van der Waals surface area contributed by atoms with Crippen molar-refractivity contribution in [1.82, 2.24) is 25.4 Å². The van der Waals surface area contributed by atoms with Gasteiger partial charge in [-0.3, -0.25) is 8.89 Å². The van der Waals surface area contributed by atoms with E-state index in [4.69, 9.17) is 0 Å². The number of hydrogen-bond acceptors (Lipinski definition) is 4. The molecule has 21 heavy (non-hydrogen) atoms. The van der Waals surface area contributed by atoms with Crippen LogP contribution in [0.25, 0.3) is 0 Å². The van der Waals surface area contributed by atoms with Crippen LogP contribution < -0.4 is 10.6 Å². The Kier molecular flexibility index (Phi) is 6.80. The Labute approximate surface area is 129 Å². The Morgan fingerprint density at radius 1 is 1.43 bits per heavy atom. The highest BCUT2D eigenvalue weighted by molar-refractivity contribution is 7.86. The molecule has 1 unspecified atom stereocenters. The summed E-state index contributed by atoms with van der Waals surface area (Å²) >= 11 is 0. The van der Waals surface area contributed by atoms with E-state index in [1.54, 1.807) is 4.68 Å². The fraction of sp³-hybridized carbons (Fsp3) is 0.769. The van der Waals surface area contributed by atoms with Crippen molar-refractivity contribution in [2.75, 3.05) is 18.8 Å². The van der Waals surface area contributed by atoms with E-state index < -0.39 is 10.8 Å². The van der Waals surface area contributed by atoms with Gasteiger partial charge in [0, 0.05) is 41.4 Å². The van der Waals surface area contributed by atoms with E-state index in [-0.39, 0.29) is 4.75 Å². The summed E-state index contributed by atoms with van der Waals surface area (Å²) in [6.45, 7) is 9.80. The summed E-state index contributed by atoms with van der Waals surface area (Å²) in [4.78, 5) is 8.58. The monoisotopic (exact) mass is 314 g/mol. The van der Waals surface area contributed by atoms with E-state index in [2.05, 4.69) is 25.7 Å². The van der Waals surface area contributed by atoms with E-state index in [9.17, 15) is 4.21 Å². The summed E-state index contributed by atoms with van der Waals surface area (Å²) in [7, 11) is 0.971. The summed E-state index contributed by atoms with van der Waals surface area (Å²) in [5.41, 5.74) is 0. The van der Waals surface area contributed by atoms with Crippen molar-refractivity contribution < 1.29 is 4.21 Å². The van der Waals surface area contributed by atoms with Crippen LogP contribution in [-0.2, 0) is 24.4 Å². The molecule has 0 saturated heterocycles. The first kappa shape index (κ1) is 17.6. The van der Waals surface area contributed by atoms with E-state index in [1.807, 2.05) is 34.7 Å². The molecule has 0 spiro atoms. The van der Waals surface area contributed by atoms with Crippen LogP contribution in [0.5, 0.6) is 0 Å². The molecule has 2 N–H and O–H groups in total. The average Bonchev–Trinajstić information content (AvgIpc) is 2.80. The predicted octanol–water partition coefficient (Wildman–Crippen LogP) is 0.417. The molecule has 1 heterocycles. The minimum Gasteiger partial charge on any atom is -0.357 e. The quantitative estimate of drug-likeness (QED) is 0.587. The highest BCUT2D eigenvalue weighted by Gasteiger charge is 2.18. The van der Waals surface area contributed by atoms with Crippen molar-refractivity contribution in [3.05, 3.63) is 12.2 Å². The number of aliphatic imine (C=N–C) groups is 1. The normalized spacial score (nSPS) is 14.0. The molecule has 0 aromatic carbocycles. The number of aryl methyl sites for hydroxylation is 1. The zero-order valence-corrected chi connectivity index (χ0v) is 14.3. The summed E-state index contributed by atoms with van der Waals surface area (Å²) < 4.78 is 13.5. The molecule has 0 aliphatic rings. The molecule has 1 atom stereocenters. The molecule has 0 aliphatic carbocycles. The highest BCUT2D eigenvalue weighted by atomic mass is 32.2. The van der Waals surface area contributed by atoms with Gasteiger partial charge in [0.05, 0.1) is 0 Å². The Morgan fingerprint density at radius 2 is 2.14 bits per heavy atom. The first-order valence-electron chi connectivity index (χ1n) is 7.08. The third-order valence-electron chi connectivity index (χ3n) is 2.79. The van der Waals surface area contributed by atoms with Crippen LogP contribution in [-0.4, -0.2) is 48.5 Å². The van der Waals surface area contributed by atoms with Gasteiger partial charge in [0.15, 0.2) is 5.96 Å². The molecule has 8 heteroatoms. The lowest BCUT2D eigenvalue weighted by atomic mass is 10.3. The second-order valence-corrected chi connectivity index (χ2v) is 7.91. The molecule has 120 valence electrons. The maximum Gasteiger partial charge on any atom is 0.191 e. The van der Waals surface area contributed by atoms with Crippen LogP contribution in [0, 0.1) is 0 Å². The number of guanidine groups is 1. The highest BCUT2D eigenvalue weighted by Crippen LogP contribution is 2.10. The van der Waals surface area contributed by atoms with Crippen molar-refractivity contribution in [2.24, 2.45) is 12.0 Å². The zero-order valence-electron chi connectivity index (χ0n) is 13.5. The Morgan fingerprint density at radius 3 is 2.67 bits per heavy atom. The summed E-state index contributed by atoms with van der Waals surface area (Å²) in [5.74, 6) is 2.09. The van der Waals surface area contributed by atoms with Gasteiger partial charge in [0.25, 0.3) is 0 Å². The summed E-state index contributed by atoms with van der Waals surface area (Å²) in [5, 5.41) is 10.4. The number of rotatable bonds is 6. The largest absolute Gasteiger partial charge is 0.357 e. The minimum atomic E-state index is -0.867. The Bertz CT molecular complexity index is 491. The van der Waals surface area contributed by atoms with Gasteiger partial charge in [-0.25, -0.2) is 9.98 Å². The fourth-order valence-electron chi connectivity index (χ4n) is 1.52. The van der Waals surface area contributed by atoms with E-state index in [0.717, 1.165) is 12.4 Å². The SMILES string of the molecule is CCNC(=NCc1ncnn1C)NCCS(=O)C(C)(C)C. The van der Waals surface area contributed by atoms with Crippen LogP contribution in [0.15, 0.2) is 11.3 Å². The lowest BCUT2D eigenvalue weighted by Gasteiger charge is -2.18. The molecular weight excluding hydrogens is 288 g/mol. The van der Waals surface area contributed by atoms with Gasteiger partial charge in [-0.1, -0.05) is 0 Å². The van der Waals surface area contributed by atoms with Gasteiger partial charge in [-0.2, -0.15) is 5.10 Å². The van der Waals surface area contributed by atoms with Crippen molar-refractivity contribution in [3.8, 4) is 0 Å². The first-order valence-corrected chi connectivity index (χ1v) is 8.40. The van der Waals surface area contributed by atoms with Crippen molar-refractivity contribution >= 4 is 16.8 Å². The third kappa shape index (κ3) is 6.24. The van der Waals surface area contributed by atoms with Gasteiger partial charge < -0.3 is 10.6 Å². The molecule has 0 radical (unpaired) electrons. The molecule has 1 aromatic rings. The van der Waals surface area contributed by atoms with Crippen LogP contribution in [0.1, 0.15) is 33.5 Å². The first-order chi connectivity index (χ1) is 9.84. The standard InChI is InChI=1S/C13H26N6OS/c1-6-14-12(15-7-8-21(20)13(2,3)4)16-9-11-17-10-18-19(11)5/h10H,6-9H2,1-5H3,(H2,14,15,16). The van der Waals surface area contributed by atoms with Crippen LogP contribution in [0.4, 0.5) is 0 Å². The molecule has 0 amide bonds. The Balaban J connectivity index is 2.50. The predicted molar refractivity (Wildman–Crippen MR) is 86.6 cm³/mol. The van der Waals surface area contributed by atoms with Gasteiger partial charge >= 0.3 is 0 Å². The van der Waals surface area contributed by atoms with Crippen molar-refractivity contribution in [3.63, 3.8) is 0 Å². The van der Waals surface area contributed by atoms with Crippen LogP contribution in [0.2, 0.25) is 0 Å². The minimum absolute atomic E-state index is 0.185. The van der Waals surface area contributed by atoms with Gasteiger partial charge in [0.2, 0.25) is 0 Å². The molecule has 1 aromatic heterocycles. The van der Waals surface area contributed by atoms with E-state index in [0.29, 0.717) is 24.8 Å². The molecule has 0 fully saturated rings. The van der Waals surface area contributed by atoms with Crippen molar-refractivity contribution in [1.29, 1.82) is 0 Å². The Hall–Kier alpha value is -1.44. The smallest absolute Gasteiger partial charge is 0.191 e. The maximum atomic E-state index is 12.0. The second-order valence-electron chi connectivity index (χ2n) is 5.58. The average molecular weight is 314 g/mol. The van der Waals surface area contributed by atoms with E-state index in [1.165, 1.54) is 6.33 Å². The van der Waals surface area contributed by atoms with Gasteiger partial charge in [-0.15, -0.1) is 0 Å². The molecule has 0 bridgehead atoms.